The van der Waals surface area contributed by atoms with Crippen LogP contribution in [0.25, 0.3) is 0 Å². The van der Waals surface area contributed by atoms with Crippen LogP contribution >= 0.6 is 0 Å². The van der Waals surface area contributed by atoms with Crippen LogP contribution in [-0.2, 0) is 10.0 Å². The minimum atomic E-state index is -3.37. The maximum Gasteiger partial charge on any atom is 0.240 e. The largest absolute Gasteiger partial charge is 0.385 e. The highest BCUT2D eigenvalue weighted by molar-refractivity contribution is 7.89. The molecule has 1 aromatic rings. The first kappa shape index (κ1) is 15.0. The minimum Gasteiger partial charge on any atom is -0.385 e. The van der Waals surface area contributed by atoms with Crippen LogP contribution in [0.3, 0.4) is 0 Å². The highest BCUT2D eigenvalue weighted by atomic mass is 32.2. The van der Waals surface area contributed by atoms with E-state index in [2.05, 4.69) is 23.9 Å². The van der Waals surface area contributed by atoms with Gasteiger partial charge in [-0.1, -0.05) is 26.3 Å². The van der Waals surface area contributed by atoms with Crippen molar-refractivity contribution in [1.82, 2.24) is 4.72 Å². The normalized spacial score (nSPS) is 13.3. The van der Waals surface area contributed by atoms with Crippen LogP contribution in [0.2, 0.25) is 0 Å². The fourth-order valence-electron chi connectivity index (χ4n) is 1.51. The van der Waals surface area contributed by atoms with Crippen molar-refractivity contribution in [3.05, 3.63) is 23.8 Å². The van der Waals surface area contributed by atoms with Crippen LogP contribution in [-0.4, -0.2) is 22.0 Å². The summed E-state index contributed by atoms with van der Waals surface area (Å²) in [7, 11) is -1.95. The lowest BCUT2D eigenvalue weighted by Gasteiger charge is -2.14. The molecule has 0 heterocycles. The van der Waals surface area contributed by atoms with Crippen LogP contribution in [0.4, 0.5) is 5.69 Å². The van der Waals surface area contributed by atoms with E-state index < -0.39 is 10.0 Å². The molecule has 0 spiro atoms. The van der Waals surface area contributed by atoms with E-state index in [0.29, 0.717) is 10.8 Å². The SMILES string of the molecule is CCC(C)CNc1cc(S(=O)(=O)NC)ccc1C. The molecule has 5 heteroatoms. The molecule has 0 aliphatic carbocycles. The monoisotopic (exact) mass is 270 g/mol. The number of hydrogen-bond acceptors (Lipinski definition) is 3. The lowest BCUT2D eigenvalue weighted by molar-refractivity contribution is 0.587. The highest BCUT2D eigenvalue weighted by Crippen LogP contribution is 2.20. The molecule has 0 saturated carbocycles. The second-order valence-corrected chi connectivity index (χ2v) is 6.47. The van der Waals surface area contributed by atoms with Crippen LogP contribution in [0.15, 0.2) is 23.1 Å². The number of rotatable bonds is 6. The number of benzene rings is 1. The fraction of sp³-hybridized carbons (Fsp3) is 0.538. The second-order valence-electron chi connectivity index (χ2n) is 4.58. The molecular formula is C13H22N2O2S. The van der Waals surface area contributed by atoms with Gasteiger partial charge < -0.3 is 5.32 Å². The van der Waals surface area contributed by atoms with E-state index in [-0.39, 0.29) is 0 Å². The molecule has 2 N–H and O–H groups in total. The summed E-state index contributed by atoms with van der Waals surface area (Å²) in [5.74, 6) is 0.564. The van der Waals surface area contributed by atoms with E-state index in [1.54, 1.807) is 12.1 Å². The fourth-order valence-corrected chi connectivity index (χ4v) is 2.26. The predicted molar refractivity (Wildman–Crippen MR) is 75.4 cm³/mol. The standard InChI is InChI=1S/C13H22N2O2S/c1-5-10(2)9-15-13-8-12(7-6-11(13)3)18(16,17)14-4/h6-8,10,14-15H,5,9H2,1-4H3. The van der Waals surface area contributed by atoms with E-state index in [4.69, 9.17) is 0 Å². The molecule has 1 unspecified atom stereocenters. The van der Waals surface area contributed by atoms with Gasteiger partial charge in [0, 0.05) is 12.2 Å². The van der Waals surface area contributed by atoms with E-state index >= 15 is 0 Å². The molecule has 0 bridgehead atoms. The first-order chi connectivity index (χ1) is 8.40. The Morgan fingerprint density at radius 3 is 2.56 bits per heavy atom. The van der Waals surface area contributed by atoms with Crippen molar-refractivity contribution in [2.24, 2.45) is 5.92 Å². The zero-order chi connectivity index (χ0) is 13.8. The molecule has 0 amide bonds. The maximum atomic E-state index is 11.7. The zero-order valence-corrected chi connectivity index (χ0v) is 12.3. The van der Waals surface area contributed by atoms with Crippen LogP contribution < -0.4 is 10.0 Å². The van der Waals surface area contributed by atoms with Gasteiger partial charge in [-0.3, -0.25) is 0 Å². The molecule has 102 valence electrons. The van der Waals surface area contributed by atoms with Crippen molar-refractivity contribution >= 4 is 15.7 Å². The molecule has 0 aromatic heterocycles. The molecule has 18 heavy (non-hydrogen) atoms. The van der Waals surface area contributed by atoms with Crippen molar-refractivity contribution in [2.45, 2.75) is 32.1 Å². The average Bonchev–Trinajstić information content (AvgIpc) is 2.37. The molecule has 1 rings (SSSR count). The van der Waals surface area contributed by atoms with Crippen molar-refractivity contribution < 1.29 is 8.42 Å². The van der Waals surface area contributed by atoms with E-state index in [0.717, 1.165) is 24.2 Å². The first-order valence-corrected chi connectivity index (χ1v) is 7.67. The van der Waals surface area contributed by atoms with Gasteiger partial charge in [-0.05, 0) is 37.6 Å². The predicted octanol–water partition coefficient (Wildman–Crippen LogP) is 2.36. The number of hydrogen-bond donors (Lipinski definition) is 2. The topological polar surface area (TPSA) is 58.2 Å². The Bertz CT molecular complexity index is 498. The Hall–Kier alpha value is -1.07. The summed E-state index contributed by atoms with van der Waals surface area (Å²) < 4.78 is 25.8. The van der Waals surface area contributed by atoms with E-state index in [9.17, 15) is 8.42 Å². The smallest absolute Gasteiger partial charge is 0.240 e. The molecule has 0 aliphatic heterocycles. The Morgan fingerprint density at radius 1 is 1.33 bits per heavy atom. The van der Waals surface area contributed by atoms with Gasteiger partial charge in [0.2, 0.25) is 10.0 Å². The zero-order valence-electron chi connectivity index (χ0n) is 11.4. The maximum absolute atomic E-state index is 11.7. The lowest BCUT2D eigenvalue weighted by atomic mass is 10.1. The van der Waals surface area contributed by atoms with Gasteiger partial charge in [0.25, 0.3) is 0 Å². The van der Waals surface area contributed by atoms with E-state index in [1.165, 1.54) is 7.05 Å². The van der Waals surface area contributed by atoms with Gasteiger partial charge in [0.05, 0.1) is 4.90 Å². The van der Waals surface area contributed by atoms with Gasteiger partial charge in [0.15, 0.2) is 0 Å². The summed E-state index contributed by atoms with van der Waals surface area (Å²) in [6, 6.07) is 5.13. The third-order valence-electron chi connectivity index (χ3n) is 3.13. The highest BCUT2D eigenvalue weighted by Gasteiger charge is 2.12. The molecule has 0 saturated heterocycles. The summed E-state index contributed by atoms with van der Waals surface area (Å²) in [4.78, 5) is 0.294. The number of anilines is 1. The summed E-state index contributed by atoms with van der Waals surface area (Å²) in [6.45, 7) is 7.12. The van der Waals surface area contributed by atoms with Gasteiger partial charge in [-0.2, -0.15) is 0 Å². The van der Waals surface area contributed by atoms with Crippen LogP contribution in [0.5, 0.6) is 0 Å². The quantitative estimate of drug-likeness (QED) is 0.834. The Labute approximate surface area is 110 Å². The molecule has 0 aliphatic rings. The van der Waals surface area contributed by atoms with Crippen molar-refractivity contribution in [3.63, 3.8) is 0 Å². The van der Waals surface area contributed by atoms with Crippen LogP contribution in [0.1, 0.15) is 25.8 Å². The number of aryl methyl sites for hydroxylation is 1. The summed E-state index contributed by atoms with van der Waals surface area (Å²) in [5, 5.41) is 3.31. The average molecular weight is 270 g/mol. The Morgan fingerprint density at radius 2 is 2.00 bits per heavy atom. The molecule has 0 fully saturated rings. The summed E-state index contributed by atoms with van der Waals surface area (Å²) in [5.41, 5.74) is 1.93. The van der Waals surface area contributed by atoms with Gasteiger partial charge in [0.1, 0.15) is 0 Å². The molecular weight excluding hydrogens is 248 g/mol. The molecule has 0 radical (unpaired) electrons. The lowest BCUT2D eigenvalue weighted by Crippen LogP contribution is -2.19. The molecule has 4 nitrogen and oxygen atoms in total. The van der Waals surface area contributed by atoms with Gasteiger partial charge in [-0.25, -0.2) is 13.1 Å². The number of sulfonamides is 1. The number of nitrogens with one attached hydrogen (secondary N) is 2. The van der Waals surface area contributed by atoms with Gasteiger partial charge >= 0.3 is 0 Å². The van der Waals surface area contributed by atoms with Crippen molar-refractivity contribution in [2.75, 3.05) is 18.9 Å². The first-order valence-electron chi connectivity index (χ1n) is 6.18. The Kier molecular flexibility index (Phi) is 5.16. The molecule has 1 atom stereocenters. The van der Waals surface area contributed by atoms with Crippen LogP contribution in [0, 0.1) is 12.8 Å². The third kappa shape index (κ3) is 3.71. The second kappa shape index (κ2) is 6.20. The summed E-state index contributed by atoms with van der Waals surface area (Å²) in [6.07, 6.45) is 1.10. The Balaban J connectivity index is 2.95. The third-order valence-corrected chi connectivity index (χ3v) is 4.54. The van der Waals surface area contributed by atoms with Gasteiger partial charge in [-0.15, -0.1) is 0 Å². The summed E-state index contributed by atoms with van der Waals surface area (Å²) >= 11 is 0. The molecule has 1 aromatic carbocycles. The minimum absolute atomic E-state index is 0.294. The van der Waals surface area contributed by atoms with Crippen molar-refractivity contribution in [3.8, 4) is 0 Å². The van der Waals surface area contributed by atoms with Crippen molar-refractivity contribution in [1.29, 1.82) is 0 Å². The van der Waals surface area contributed by atoms with E-state index in [1.807, 2.05) is 13.0 Å².